The number of rotatable bonds is 11. The van der Waals surface area contributed by atoms with Gasteiger partial charge in [0.05, 0.1) is 0 Å². The average molecular weight is 403 g/mol. The Bertz CT molecular complexity index is 731. The molecule has 3 N–H and O–H groups in total. The zero-order valence-electron chi connectivity index (χ0n) is 17.1. The number of benzene rings is 1. The molecule has 0 spiro atoms. The molecule has 0 bridgehead atoms. The molecule has 1 aromatic carbocycles. The van der Waals surface area contributed by atoms with Crippen LogP contribution in [0.3, 0.4) is 0 Å². The number of nitrogens with one attached hydrogen (secondary N) is 2. The number of carbonyl (C=O) groups is 3. The summed E-state index contributed by atoms with van der Waals surface area (Å²) in [4.78, 5) is 40.1. The van der Waals surface area contributed by atoms with Crippen LogP contribution in [0.2, 0.25) is 0 Å². The monoisotopic (exact) mass is 403 g/mol. The van der Waals surface area contributed by atoms with E-state index in [1.807, 2.05) is 37.3 Å². The van der Waals surface area contributed by atoms with Crippen LogP contribution >= 0.6 is 0 Å². The molecule has 0 aromatic heterocycles. The lowest BCUT2D eigenvalue weighted by Crippen LogP contribution is -2.51. The molecule has 158 valence electrons. The van der Waals surface area contributed by atoms with E-state index >= 15 is 0 Å². The van der Waals surface area contributed by atoms with Crippen molar-refractivity contribution in [2.75, 3.05) is 0 Å². The molecule has 29 heavy (non-hydrogen) atoms. The molecule has 0 heterocycles. The molecule has 8 nitrogen and oxygen atoms in total. The van der Waals surface area contributed by atoms with Gasteiger partial charge in [-0.2, -0.15) is 0 Å². The van der Waals surface area contributed by atoms with Crippen molar-refractivity contribution in [2.45, 2.75) is 58.7 Å². The second kappa shape index (κ2) is 13.1. The minimum atomic E-state index is -1.17. The number of aliphatic imine (C=N–C) groups is 1. The maximum absolute atomic E-state index is 12.5. The summed E-state index contributed by atoms with van der Waals surface area (Å²) in [5.41, 5.74) is 1.41. The average Bonchev–Trinajstić information content (AvgIpc) is 2.71. The van der Waals surface area contributed by atoms with Crippen LogP contribution in [0.25, 0.3) is 0 Å². The third kappa shape index (κ3) is 9.55. The van der Waals surface area contributed by atoms with E-state index in [9.17, 15) is 14.4 Å². The fourth-order valence-electron chi connectivity index (χ4n) is 2.26. The van der Waals surface area contributed by atoms with Gasteiger partial charge in [-0.05, 0) is 25.8 Å². The highest BCUT2D eigenvalue weighted by atomic mass is 16.5. The number of allylic oxidation sites excluding steroid dienone is 1. The van der Waals surface area contributed by atoms with Crippen LogP contribution in [0.1, 0.15) is 45.6 Å². The zero-order valence-corrected chi connectivity index (χ0v) is 17.1. The molecular formula is C21H29N3O5. The van der Waals surface area contributed by atoms with Crippen LogP contribution in [-0.4, -0.2) is 41.4 Å². The smallest absolute Gasteiger partial charge is 0.408 e. The fourth-order valence-corrected chi connectivity index (χ4v) is 2.26. The fraction of sp³-hybridized carbons (Fsp3) is 0.429. The van der Waals surface area contributed by atoms with Crippen LogP contribution in [0, 0.1) is 0 Å². The lowest BCUT2D eigenvalue weighted by atomic mass is 10.1. The predicted octanol–water partition coefficient (Wildman–Crippen LogP) is 3.04. The Hall–Kier alpha value is -3.16. The van der Waals surface area contributed by atoms with E-state index in [2.05, 4.69) is 15.6 Å². The summed E-state index contributed by atoms with van der Waals surface area (Å²) < 4.78 is 5.17. The predicted molar refractivity (Wildman–Crippen MR) is 111 cm³/mol. The van der Waals surface area contributed by atoms with Crippen LogP contribution in [-0.2, 0) is 20.9 Å². The van der Waals surface area contributed by atoms with E-state index < -0.39 is 30.1 Å². The molecule has 1 aromatic rings. The summed E-state index contributed by atoms with van der Waals surface area (Å²) in [5.74, 6) is -1.79. The first-order valence-electron chi connectivity index (χ1n) is 9.55. The molecule has 0 fully saturated rings. The van der Waals surface area contributed by atoms with Crippen molar-refractivity contribution in [3.63, 3.8) is 0 Å². The van der Waals surface area contributed by atoms with Crippen LogP contribution in [0.4, 0.5) is 4.79 Å². The Kier molecular flexibility index (Phi) is 10.8. The Balaban J connectivity index is 2.80. The van der Waals surface area contributed by atoms with E-state index in [1.54, 1.807) is 19.2 Å². The number of carboxylic acid groups (broad SMARTS) is 1. The number of alkyl carbamates (subject to hydrolysis) is 1. The first kappa shape index (κ1) is 23.9. The highest BCUT2D eigenvalue weighted by molar-refractivity contribution is 5.89. The van der Waals surface area contributed by atoms with Gasteiger partial charge in [0.2, 0.25) is 5.91 Å². The lowest BCUT2D eigenvalue weighted by Gasteiger charge is -2.20. The second-order valence-electron chi connectivity index (χ2n) is 6.41. The van der Waals surface area contributed by atoms with Gasteiger partial charge in [-0.3, -0.25) is 14.6 Å². The highest BCUT2D eigenvalue weighted by Gasteiger charge is 2.25. The number of hydrogen-bond acceptors (Lipinski definition) is 5. The molecule has 8 heteroatoms. The van der Waals surface area contributed by atoms with Gasteiger partial charge in [-0.25, -0.2) is 4.79 Å². The van der Waals surface area contributed by atoms with Crippen molar-refractivity contribution in [2.24, 2.45) is 4.99 Å². The zero-order chi connectivity index (χ0) is 21.6. The molecule has 0 radical (unpaired) electrons. The Labute approximate surface area is 171 Å². The van der Waals surface area contributed by atoms with Crippen molar-refractivity contribution < 1.29 is 24.2 Å². The molecule has 0 aliphatic heterocycles. The van der Waals surface area contributed by atoms with E-state index in [0.29, 0.717) is 5.70 Å². The van der Waals surface area contributed by atoms with E-state index in [1.165, 1.54) is 6.92 Å². The first-order valence-corrected chi connectivity index (χ1v) is 9.55. The van der Waals surface area contributed by atoms with Crippen molar-refractivity contribution >= 4 is 24.2 Å². The van der Waals surface area contributed by atoms with Gasteiger partial charge in [0.25, 0.3) is 0 Å². The van der Waals surface area contributed by atoms with Crippen LogP contribution < -0.4 is 10.6 Å². The number of carboxylic acids is 1. The number of unbranched alkanes of at least 4 members (excludes halogenated alkanes) is 1. The number of nitrogens with zero attached hydrogens (tertiary/aromatic N) is 1. The maximum atomic E-state index is 12.5. The van der Waals surface area contributed by atoms with Crippen molar-refractivity contribution in [3.05, 3.63) is 47.7 Å². The topological polar surface area (TPSA) is 117 Å². The number of hydrogen-bond donors (Lipinski definition) is 3. The van der Waals surface area contributed by atoms with Crippen LogP contribution in [0.15, 0.2) is 47.1 Å². The van der Waals surface area contributed by atoms with Gasteiger partial charge in [0.1, 0.15) is 18.7 Å². The van der Waals surface area contributed by atoms with Crippen molar-refractivity contribution in [1.29, 1.82) is 0 Å². The molecule has 0 saturated carbocycles. The number of ether oxygens (including phenoxy) is 1. The summed E-state index contributed by atoms with van der Waals surface area (Å²) in [6.07, 6.45) is 4.54. The van der Waals surface area contributed by atoms with Crippen molar-refractivity contribution in [3.8, 4) is 0 Å². The normalized spacial score (nSPS) is 13.6. The minimum Gasteiger partial charge on any atom is -0.480 e. The summed E-state index contributed by atoms with van der Waals surface area (Å²) in [7, 11) is 0. The summed E-state index contributed by atoms with van der Waals surface area (Å²) >= 11 is 0. The third-order valence-electron chi connectivity index (χ3n) is 3.97. The number of amides is 2. The Morgan fingerprint density at radius 3 is 2.48 bits per heavy atom. The maximum Gasteiger partial charge on any atom is 0.408 e. The van der Waals surface area contributed by atoms with Crippen LogP contribution in [0.5, 0.6) is 0 Å². The lowest BCUT2D eigenvalue weighted by molar-refractivity contribution is -0.141. The van der Waals surface area contributed by atoms with Gasteiger partial charge >= 0.3 is 12.1 Å². The van der Waals surface area contributed by atoms with Crippen molar-refractivity contribution in [1.82, 2.24) is 10.6 Å². The quantitative estimate of drug-likeness (QED) is 0.491. The minimum absolute atomic E-state index is 0.0532. The van der Waals surface area contributed by atoms with E-state index in [4.69, 9.17) is 9.84 Å². The molecule has 2 unspecified atom stereocenters. The van der Waals surface area contributed by atoms with Gasteiger partial charge in [0.15, 0.2) is 0 Å². The first-order chi connectivity index (χ1) is 13.9. The standard InChI is InChI=1S/C21H29N3O5/c1-4-6-12-22-17(5-2)13-18(19(25)23-15(3)20(26)27)24-21(28)29-14-16-10-8-7-9-11-16/h5,7-12,15,18H,4,6,13-14H2,1-3H3,(H,23,25)(H,24,28)(H,26,27)/b17-5-,22-12?. The highest BCUT2D eigenvalue weighted by Crippen LogP contribution is 2.09. The largest absolute Gasteiger partial charge is 0.480 e. The summed E-state index contributed by atoms with van der Waals surface area (Å²) in [6.45, 7) is 5.20. The van der Waals surface area contributed by atoms with E-state index in [0.717, 1.165) is 18.4 Å². The SMILES string of the molecule is C/C=C(/CC(NC(=O)OCc1ccccc1)C(=O)NC(C)C(=O)O)N=CCCC. The number of carbonyl (C=O) groups excluding carboxylic acids is 2. The van der Waals surface area contributed by atoms with Gasteiger partial charge in [-0.1, -0.05) is 49.8 Å². The molecule has 0 saturated heterocycles. The summed E-state index contributed by atoms with van der Waals surface area (Å²) in [6, 6.07) is 7.01. The molecule has 0 aliphatic rings. The molecule has 1 rings (SSSR count). The Morgan fingerprint density at radius 2 is 1.90 bits per heavy atom. The third-order valence-corrected chi connectivity index (χ3v) is 3.97. The Morgan fingerprint density at radius 1 is 1.21 bits per heavy atom. The molecule has 0 aliphatic carbocycles. The summed E-state index contributed by atoms with van der Waals surface area (Å²) in [5, 5.41) is 13.9. The molecule has 2 atom stereocenters. The van der Waals surface area contributed by atoms with Gasteiger partial charge in [0, 0.05) is 18.3 Å². The van der Waals surface area contributed by atoms with Gasteiger partial charge < -0.3 is 20.5 Å². The second-order valence-corrected chi connectivity index (χ2v) is 6.41. The van der Waals surface area contributed by atoms with Gasteiger partial charge in [-0.15, -0.1) is 0 Å². The van der Waals surface area contributed by atoms with E-state index in [-0.39, 0.29) is 13.0 Å². The number of aliphatic carboxylic acids is 1. The molecule has 2 amide bonds. The molecular weight excluding hydrogens is 374 g/mol.